The maximum atomic E-state index is 13.5. The Morgan fingerprint density at radius 2 is 0.907 bits per heavy atom. The van der Waals surface area contributed by atoms with Gasteiger partial charge in [-0.05, 0) is 83.1 Å². The Labute approximate surface area is 461 Å². The van der Waals surface area contributed by atoms with Gasteiger partial charge >= 0.3 is 5.97 Å². The summed E-state index contributed by atoms with van der Waals surface area (Å²) >= 11 is 0. The molecule has 0 aromatic heterocycles. The number of rotatable bonds is 53. The summed E-state index contributed by atoms with van der Waals surface area (Å²) in [5, 5.41) is 2.99. The number of ether oxygens (including phenoxy) is 1. The molecule has 0 aliphatic rings. The van der Waals surface area contributed by atoms with Crippen molar-refractivity contribution >= 4 is 19.7 Å². The van der Waals surface area contributed by atoms with Crippen molar-refractivity contribution in [3.05, 3.63) is 109 Å². The van der Waals surface area contributed by atoms with Gasteiger partial charge in [-0.25, -0.2) is 0 Å². The fourth-order valence-corrected chi connectivity index (χ4v) is 8.89. The van der Waals surface area contributed by atoms with E-state index in [0.29, 0.717) is 17.4 Å². The van der Waals surface area contributed by atoms with Crippen molar-refractivity contribution in [2.45, 2.75) is 251 Å². The fraction of sp³-hybridized carbons (Fsp3) is 0.692. The SMILES string of the molecule is CC\C=C/C=C/C=C/C=C\C=C\C=C\CCCCCC(=O)NC(COP(=O)([O-])OCC[N+](C)(C)C)C(/C=C/CCCCCCCCCCC)OC(=O)CCCCCCCCCCCCC/C=C\C/C=C\CCCCC. The second-order valence-electron chi connectivity index (χ2n) is 21.3. The number of carbonyl (C=O) groups is 2. The molecule has 0 saturated carbocycles. The highest BCUT2D eigenvalue weighted by Gasteiger charge is 2.27. The Kier molecular flexibility index (Phi) is 51.6. The minimum atomic E-state index is -4.72. The predicted molar refractivity (Wildman–Crippen MR) is 320 cm³/mol. The zero-order valence-electron chi connectivity index (χ0n) is 49.0. The lowest BCUT2D eigenvalue weighted by Gasteiger charge is -2.30. The number of amides is 1. The third-order valence-electron chi connectivity index (χ3n) is 12.8. The summed E-state index contributed by atoms with van der Waals surface area (Å²) < 4.78 is 30.2. The lowest BCUT2D eigenvalue weighted by atomic mass is 10.0. The van der Waals surface area contributed by atoms with E-state index in [1.165, 1.54) is 122 Å². The number of carbonyl (C=O) groups excluding carboxylic acids is 2. The monoisotopic (exact) mass is 1060 g/mol. The Bertz CT molecular complexity index is 1650. The van der Waals surface area contributed by atoms with Gasteiger partial charge in [-0.15, -0.1) is 0 Å². The summed E-state index contributed by atoms with van der Waals surface area (Å²) in [4.78, 5) is 39.9. The van der Waals surface area contributed by atoms with Crippen molar-refractivity contribution in [2.24, 2.45) is 0 Å². The number of hydrogen-bond acceptors (Lipinski definition) is 7. The number of likely N-dealkylation sites (N-methyl/N-ethyl adjacent to an activating group) is 1. The molecule has 0 aliphatic carbocycles. The molecule has 0 spiro atoms. The molecular formula is C65H113N2O7P. The number of esters is 1. The van der Waals surface area contributed by atoms with Crippen LogP contribution in [0.2, 0.25) is 0 Å². The first-order valence-corrected chi connectivity index (χ1v) is 31.7. The Morgan fingerprint density at radius 3 is 1.43 bits per heavy atom. The molecule has 430 valence electrons. The van der Waals surface area contributed by atoms with Gasteiger partial charge in [0.2, 0.25) is 5.91 Å². The average molecular weight is 1070 g/mol. The molecule has 0 fully saturated rings. The normalized spacial score (nSPS) is 14.5. The van der Waals surface area contributed by atoms with Gasteiger partial charge in [0.25, 0.3) is 7.82 Å². The van der Waals surface area contributed by atoms with E-state index >= 15 is 0 Å². The minimum absolute atomic E-state index is 0.0373. The van der Waals surface area contributed by atoms with Gasteiger partial charge < -0.3 is 28.5 Å². The third kappa shape index (κ3) is 55.2. The summed E-state index contributed by atoms with van der Waals surface area (Å²) in [6.45, 7) is 6.62. The maximum absolute atomic E-state index is 13.5. The molecule has 0 bridgehead atoms. The minimum Gasteiger partial charge on any atom is -0.756 e. The maximum Gasteiger partial charge on any atom is 0.306 e. The molecular weight excluding hydrogens is 952 g/mol. The largest absolute Gasteiger partial charge is 0.756 e. The van der Waals surface area contributed by atoms with E-state index in [1.807, 2.05) is 94.1 Å². The van der Waals surface area contributed by atoms with Gasteiger partial charge in [-0.2, -0.15) is 0 Å². The number of phosphoric acid groups is 1. The van der Waals surface area contributed by atoms with E-state index in [9.17, 15) is 19.0 Å². The second-order valence-corrected chi connectivity index (χ2v) is 22.7. The van der Waals surface area contributed by atoms with Crippen LogP contribution >= 0.6 is 7.82 Å². The average Bonchev–Trinajstić information content (AvgIpc) is 3.37. The Hall–Kier alpha value is -3.33. The lowest BCUT2D eigenvalue weighted by Crippen LogP contribution is -2.47. The van der Waals surface area contributed by atoms with Gasteiger partial charge in [0.1, 0.15) is 19.3 Å². The highest BCUT2D eigenvalue weighted by Crippen LogP contribution is 2.38. The van der Waals surface area contributed by atoms with E-state index < -0.39 is 26.6 Å². The molecule has 0 radical (unpaired) electrons. The zero-order valence-corrected chi connectivity index (χ0v) is 49.9. The number of hydrogen-bond donors (Lipinski definition) is 1. The van der Waals surface area contributed by atoms with Crippen molar-refractivity contribution in [1.82, 2.24) is 5.32 Å². The predicted octanol–water partition coefficient (Wildman–Crippen LogP) is 17.9. The summed E-state index contributed by atoms with van der Waals surface area (Å²) in [5.74, 6) is -0.600. The molecule has 0 rings (SSSR count). The van der Waals surface area contributed by atoms with Crippen molar-refractivity contribution in [3.63, 3.8) is 0 Å². The molecule has 3 atom stereocenters. The molecule has 0 saturated heterocycles. The molecule has 10 heteroatoms. The number of nitrogens with one attached hydrogen (secondary N) is 1. The first kappa shape index (κ1) is 71.7. The standard InChI is InChI=1S/C65H113N2O7P/c1-7-10-13-16-19-22-25-27-29-31-32-33-34-36-38-40-43-46-49-52-55-58-65(69)74-63(56-53-50-47-44-41-24-21-18-15-12-9-3)62(61-73-75(70,71)72-60-59-67(4,5)6)66-64(68)57-54-51-48-45-42-39-37-35-30-28-26-23-20-17-14-11-8-2/h11,14,17,19-20,22-23,26-30,35,37,39,42,53,56,62-63H,7-10,12-13,15-16,18,21,24-25,31-34,36,38,40-41,43-52,54-55,57-61H2,1-6H3,(H-,66,68,70,71)/b14-11-,20-17+,22-19-,26-23+,29-27-,30-28-,37-35+,42-39+,56-53+. The highest BCUT2D eigenvalue weighted by molar-refractivity contribution is 7.45. The van der Waals surface area contributed by atoms with Crippen LogP contribution in [0.25, 0.3) is 0 Å². The quantitative estimate of drug-likeness (QED) is 0.0161. The molecule has 0 aliphatic heterocycles. The highest BCUT2D eigenvalue weighted by atomic mass is 31.2. The first-order chi connectivity index (χ1) is 36.4. The van der Waals surface area contributed by atoms with Crippen molar-refractivity contribution in [1.29, 1.82) is 0 Å². The van der Waals surface area contributed by atoms with E-state index in [0.717, 1.165) is 77.0 Å². The van der Waals surface area contributed by atoms with Gasteiger partial charge in [0, 0.05) is 12.8 Å². The summed E-state index contributed by atoms with van der Waals surface area (Å²) in [6.07, 6.45) is 73.4. The first-order valence-electron chi connectivity index (χ1n) is 30.3. The molecule has 9 nitrogen and oxygen atoms in total. The van der Waals surface area contributed by atoms with Crippen LogP contribution < -0.4 is 10.2 Å². The van der Waals surface area contributed by atoms with Crippen molar-refractivity contribution in [3.8, 4) is 0 Å². The summed E-state index contributed by atoms with van der Waals surface area (Å²) in [6, 6.07) is -0.919. The number of nitrogens with zero attached hydrogens (tertiary/aromatic N) is 1. The van der Waals surface area contributed by atoms with Crippen LogP contribution in [-0.4, -0.2) is 69.4 Å². The lowest BCUT2D eigenvalue weighted by molar-refractivity contribution is -0.870. The topological polar surface area (TPSA) is 114 Å². The molecule has 1 N–H and O–H groups in total. The third-order valence-corrected chi connectivity index (χ3v) is 13.8. The summed E-state index contributed by atoms with van der Waals surface area (Å²) in [5.41, 5.74) is 0. The van der Waals surface area contributed by atoms with Crippen LogP contribution in [0.5, 0.6) is 0 Å². The number of phosphoric ester groups is 1. The number of quaternary nitrogens is 1. The summed E-state index contributed by atoms with van der Waals surface area (Å²) in [7, 11) is 1.14. The smallest absolute Gasteiger partial charge is 0.306 e. The molecule has 3 unspecified atom stereocenters. The van der Waals surface area contributed by atoms with Crippen molar-refractivity contribution in [2.75, 3.05) is 40.9 Å². The van der Waals surface area contributed by atoms with Crippen LogP contribution in [0.15, 0.2) is 109 Å². The fourth-order valence-electron chi connectivity index (χ4n) is 8.17. The van der Waals surface area contributed by atoms with Crippen molar-refractivity contribution < 1.29 is 37.3 Å². The van der Waals surface area contributed by atoms with Crippen LogP contribution in [-0.2, 0) is 27.9 Å². The van der Waals surface area contributed by atoms with Gasteiger partial charge in [-0.1, -0.05) is 252 Å². The Balaban J connectivity index is 5.31. The van der Waals surface area contributed by atoms with E-state index in [4.69, 9.17) is 13.8 Å². The van der Waals surface area contributed by atoms with E-state index in [-0.39, 0.29) is 31.3 Å². The number of allylic oxidation sites excluding steroid dienone is 17. The Morgan fingerprint density at radius 1 is 0.493 bits per heavy atom. The molecule has 0 aromatic carbocycles. The van der Waals surface area contributed by atoms with Gasteiger partial charge in [0.15, 0.2) is 0 Å². The van der Waals surface area contributed by atoms with E-state index in [1.54, 1.807) is 0 Å². The van der Waals surface area contributed by atoms with Gasteiger partial charge in [-0.3, -0.25) is 14.2 Å². The van der Waals surface area contributed by atoms with Crippen LogP contribution in [0.1, 0.15) is 239 Å². The molecule has 1 amide bonds. The molecule has 75 heavy (non-hydrogen) atoms. The molecule has 0 aromatic rings. The van der Waals surface area contributed by atoms with Gasteiger partial charge in [0.05, 0.1) is 33.8 Å². The van der Waals surface area contributed by atoms with Crippen LogP contribution in [0, 0.1) is 0 Å². The van der Waals surface area contributed by atoms with Crippen LogP contribution in [0.3, 0.4) is 0 Å². The zero-order chi connectivity index (χ0) is 55.0. The number of unbranched alkanes of at least 4 members (excludes halogenated alkanes) is 26. The molecule has 0 heterocycles. The van der Waals surface area contributed by atoms with Crippen LogP contribution in [0.4, 0.5) is 0 Å². The second kappa shape index (κ2) is 54.0. The van der Waals surface area contributed by atoms with E-state index in [2.05, 4.69) is 62.5 Å².